The van der Waals surface area contributed by atoms with Gasteiger partial charge in [-0.3, -0.25) is 0 Å². The van der Waals surface area contributed by atoms with Gasteiger partial charge >= 0.3 is 6.18 Å². The van der Waals surface area contributed by atoms with Gasteiger partial charge in [-0.2, -0.15) is 23.5 Å². The van der Waals surface area contributed by atoms with E-state index in [0.717, 1.165) is 0 Å². The van der Waals surface area contributed by atoms with Gasteiger partial charge in [-0.1, -0.05) is 12.1 Å². The molecule has 0 aliphatic carbocycles. The summed E-state index contributed by atoms with van der Waals surface area (Å²) in [4.78, 5) is 0. The minimum atomic E-state index is -4.99. The molecular formula is C25H16F4N4O. The van der Waals surface area contributed by atoms with Gasteiger partial charge in [0.25, 0.3) is 0 Å². The van der Waals surface area contributed by atoms with Crippen LogP contribution < -0.4 is 0 Å². The van der Waals surface area contributed by atoms with Crippen molar-refractivity contribution in [2.45, 2.75) is 18.3 Å². The van der Waals surface area contributed by atoms with Gasteiger partial charge in [0.1, 0.15) is 5.82 Å². The highest BCUT2D eigenvalue weighted by atomic mass is 19.4. The van der Waals surface area contributed by atoms with Crippen molar-refractivity contribution in [1.29, 1.82) is 5.26 Å². The SMILES string of the molecule is N#Cc1ccc2ccn(CC(O)(c3ccc4c(cnn4-c4ccc(F)cc4)c3)C(F)(F)F)c2c1. The molecule has 3 aromatic carbocycles. The highest BCUT2D eigenvalue weighted by Crippen LogP contribution is 2.42. The third-order valence-corrected chi connectivity index (χ3v) is 5.89. The second kappa shape index (κ2) is 7.71. The van der Waals surface area contributed by atoms with Crippen molar-refractivity contribution < 1.29 is 22.7 Å². The Hall–Kier alpha value is -4.16. The molecule has 0 aliphatic rings. The second-order valence-corrected chi connectivity index (χ2v) is 7.99. The minimum Gasteiger partial charge on any atom is -0.375 e. The van der Waals surface area contributed by atoms with Gasteiger partial charge in [-0.25, -0.2) is 9.07 Å². The van der Waals surface area contributed by atoms with E-state index in [0.29, 0.717) is 33.1 Å². The first-order valence-corrected chi connectivity index (χ1v) is 10.2. The average Bonchev–Trinajstić information content (AvgIpc) is 3.42. The molecule has 1 N–H and O–H groups in total. The van der Waals surface area contributed by atoms with Crippen molar-refractivity contribution in [3.05, 3.63) is 96.1 Å². The van der Waals surface area contributed by atoms with E-state index in [1.165, 1.54) is 70.2 Å². The predicted octanol–water partition coefficient (Wildman–Crippen LogP) is 5.44. The van der Waals surface area contributed by atoms with E-state index in [1.54, 1.807) is 18.2 Å². The maximum atomic E-state index is 14.3. The molecule has 1 unspecified atom stereocenters. The molecule has 0 aliphatic heterocycles. The molecule has 170 valence electrons. The molecular weight excluding hydrogens is 448 g/mol. The molecule has 5 rings (SSSR count). The topological polar surface area (TPSA) is 66.8 Å². The van der Waals surface area contributed by atoms with Gasteiger partial charge in [0.15, 0.2) is 0 Å². The van der Waals surface area contributed by atoms with Crippen molar-refractivity contribution in [2.24, 2.45) is 0 Å². The van der Waals surface area contributed by atoms with Crippen molar-refractivity contribution in [2.75, 3.05) is 0 Å². The fourth-order valence-corrected chi connectivity index (χ4v) is 4.06. The van der Waals surface area contributed by atoms with E-state index in [2.05, 4.69) is 5.10 Å². The number of hydrogen-bond acceptors (Lipinski definition) is 3. The van der Waals surface area contributed by atoms with Gasteiger partial charge in [0.2, 0.25) is 5.60 Å². The number of halogens is 4. The van der Waals surface area contributed by atoms with Crippen molar-refractivity contribution in [1.82, 2.24) is 14.3 Å². The number of nitrogens with zero attached hydrogens (tertiary/aromatic N) is 4. The molecule has 34 heavy (non-hydrogen) atoms. The Balaban J connectivity index is 1.59. The summed E-state index contributed by atoms with van der Waals surface area (Å²) in [7, 11) is 0. The number of rotatable bonds is 4. The molecule has 0 saturated carbocycles. The summed E-state index contributed by atoms with van der Waals surface area (Å²) in [5.74, 6) is -0.419. The van der Waals surface area contributed by atoms with E-state index >= 15 is 0 Å². The lowest BCUT2D eigenvalue weighted by Gasteiger charge is -2.32. The van der Waals surface area contributed by atoms with Crippen LogP contribution in [0.15, 0.2) is 79.1 Å². The highest BCUT2D eigenvalue weighted by molar-refractivity contribution is 5.82. The Bertz CT molecular complexity index is 1560. The third-order valence-electron chi connectivity index (χ3n) is 5.89. The van der Waals surface area contributed by atoms with Crippen LogP contribution in [-0.2, 0) is 12.1 Å². The monoisotopic (exact) mass is 464 g/mol. The van der Waals surface area contributed by atoms with Gasteiger partial charge in [0, 0.05) is 17.1 Å². The second-order valence-electron chi connectivity index (χ2n) is 7.99. The molecule has 5 aromatic rings. The maximum Gasteiger partial charge on any atom is 0.423 e. The summed E-state index contributed by atoms with van der Waals surface area (Å²) in [5.41, 5.74) is -1.78. The number of hydrogen-bond donors (Lipinski definition) is 1. The Morgan fingerprint density at radius 1 is 0.912 bits per heavy atom. The summed E-state index contributed by atoms with van der Waals surface area (Å²) in [6.07, 6.45) is -2.14. The van der Waals surface area contributed by atoms with E-state index < -0.39 is 24.1 Å². The molecule has 0 amide bonds. The summed E-state index contributed by atoms with van der Waals surface area (Å²) >= 11 is 0. The van der Waals surface area contributed by atoms with E-state index in [-0.39, 0.29) is 5.56 Å². The predicted molar refractivity (Wildman–Crippen MR) is 118 cm³/mol. The quantitative estimate of drug-likeness (QED) is 0.360. The average molecular weight is 464 g/mol. The molecule has 0 bridgehead atoms. The number of alkyl halides is 3. The zero-order valence-electron chi connectivity index (χ0n) is 17.5. The zero-order valence-corrected chi connectivity index (χ0v) is 17.5. The first kappa shape index (κ1) is 21.7. The van der Waals surface area contributed by atoms with Crippen LogP contribution >= 0.6 is 0 Å². The summed E-state index contributed by atoms with van der Waals surface area (Å²) in [6, 6.07) is 17.8. The molecule has 0 saturated heterocycles. The van der Waals surface area contributed by atoms with E-state index in [9.17, 15) is 22.7 Å². The molecule has 2 aromatic heterocycles. The molecule has 9 heteroatoms. The maximum absolute atomic E-state index is 14.3. The van der Waals surface area contributed by atoms with Crippen LogP contribution in [0.1, 0.15) is 11.1 Å². The molecule has 2 heterocycles. The van der Waals surface area contributed by atoms with Gasteiger partial charge in [-0.05, 0) is 65.5 Å². The summed E-state index contributed by atoms with van der Waals surface area (Å²) < 4.78 is 58.8. The van der Waals surface area contributed by atoms with Gasteiger partial charge in [0.05, 0.1) is 35.6 Å². The third kappa shape index (κ3) is 3.49. The Morgan fingerprint density at radius 2 is 1.68 bits per heavy atom. The van der Waals surface area contributed by atoms with Crippen LogP contribution in [0.25, 0.3) is 27.5 Å². The van der Waals surface area contributed by atoms with Crippen LogP contribution in [0.5, 0.6) is 0 Å². The van der Waals surface area contributed by atoms with E-state index in [4.69, 9.17) is 5.26 Å². The Kier molecular flexibility index (Phi) is 4.92. The number of fused-ring (bicyclic) bond motifs is 2. The van der Waals surface area contributed by atoms with Crippen LogP contribution in [0.2, 0.25) is 0 Å². The summed E-state index contributed by atoms with van der Waals surface area (Å²) in [6.45, 7) is -0.799. The van der Waals surface area contributed by atoms with E-state index in [1.807, 2.05) is 6.07 Å². The van der Waals surface area contributed by atoms with Gasteiger partial charge in [-0.15, -0.1) is 0 Å². The normalized spacial score (nSPS) is 13.8. The number of aromatic nitrogens is 3. The lowest BCUT2D eigenvalue weighted by atomic mass is 9.91. The van der Waals surface area contributed by atoms with Crippen LogP contribution in [0, 0.1) is 17.1 Å². The van der Waals surface area contributed by atoms with Crippen molar-refractivity contribution in [3.8, 4) is 11.8 Å². The highest BCUT2D eigenvalue weighted by Gasteiger charge is 2.55. The first-order valence-electron chi connectivity index (χ1n) is 10.2. The zero-order chi connectivity index (χ0) is 24.1. The van der Waals surface area contributed by atoms with Crippen LogP contribution in [-0.4, -0.2) is 25.6 Å². The lowest BCUT2D eigenvalue weighted by molar-refractivity contribution is -0.271. The molecule has 0 spiro atoms. The summed E-state index contributed by atoms with van der Waals surface area (Å²) in [5, 5.41) is 25.4. The largest absolute Gasteiger partial charge is 0.423 e. The number of benzene rings is 3. The Labute approximate surface area is 190 Å². The van der Waals surface area contributed by atoms with Crippen LogP contribution in [0.4, 0.5) is 17.6 Å². The van der Waals surface area contributed by atoms with Crippen molar-refractivity contribution >= 4 is 21.8 Å². The van der Waals surface area contributed by atoms with Gasteiger partial charge < -0.3 is 9.67 Å². The fourth-order valence-electron chi connectivity index (χ4n) is 4.06. The number of aliphatic hydroxyl groups is 1. The van der Waals surface area contributed by atoms with Crippen molar-refractivity contribution in [3.63, 3.8) is 0 Å². The molecule has 0 fully saturated rings. The fraction of sp³-hybridized carbons (Fsp3) is 0.120. The molecule has 0 radical (unpaired) electrons. The smallest absolute Gasteiger partial charge is 0.375 e. The lowest BCUT2D eigenvalue weighted by Crippen LogP contribution is -2.45. The van der Waals surface area contributed by atoms with Crippen LogP contribution in [0.3, 0.4) is 0 Å². The standard InChI is InChI=1S/C25H16F4N4O/c26-20-4-6-21(7-5-20)33-22-8-3-19(12-18(22)14-31-33)24(34,25(27,28)29)15-32-10-9-17-2-1-16(13-30)11-23(17)32/h1-12,14,34H,15H2. The first-order chi connectivity index (χ1) is 16.2. The number of nitriles is 1. The molecule has 5 nitrogen and oxygen atoms in total. The Morgan fingerprint density at radius 3 is 2.38 bits per heavy atom. The minimum absolute atomic E-state index is 0.303. The molecule has 1 atom stereocenters.